The van der Waals surface area contributed by atoms with Crippen LogP contribution in [0.3, 0.4) is 0 Å². The minimum atomic E-state index is 0.868. The van der Waals surface area contributed by atoms with E-state index in [1.165, 1.54) is 70.9 Å². The van der Waals surface area contributed by atoms with E-state index in [9.17, 15) is 0 Å². The Hall–Kier alpha value is -9.18. The van der Waals surface area contributed by atoms with E-state index in [2.05, 4.69) is 264 Å². The van der Waals surface area contributed by atoms with Gasteiger partial charge in [-0.25, -0.2) is 0 Å². The lowest BCUT2D eigenvalue weighted by Crippen LogP contribution is -2.10. The van der Waals surface area contributed by atoms with Crippen molar-refractivity contribution in [3.8, 4) is 39.1 Å². The van der Waals surface area contributed by atoms with Crippen molar-refractivity contribution < 1.29 is 4.42 Å². The van der Waals surface area contributed by atoms with Gasteiger partial charge in [0.1, 0.15) is 11.2 Å². The Bertz CT molecular complexity index is 4140. The molecule has 0 atom stereocenters. The topological polar surface area (TPSA) is 21.3 Å². The van der Waals surface area contributed by atoms with Crippen LogP contribution in [-0.2, 0) is 0 Å². The van der Waals surface area contributed by atoms with Crippen LogP contribution in [0.25, 0.3) is 115 Å². The van der Waals surface area contributed by atoms with Gasteiger partial charge in [-0.2, -0.15) is 0 Å². The zero-order chi connectivity index (χ0) is 45.4. The van der Waals surface area contributed by atoms with E-state index in [0.717, 1.165) is 61.3 Å². The standard InChI is InChI=1S/C66H42N2O/c1-3-15-43(16-4-1)45-27-32-48(33-28-45)67(49-34-29-46(30-35-49)44-17-5-2-6-18-44)50-36-38-51(39-37-50)68-60-25-13-11-23-57(60)65-61(68)42-63-66(58-24-12-14-26-62(58)69-63)64(65)47-31-40-56-54-21-8-7-19-52(54)53-20-9-10-22-55(53)59(56)41-47/h1-42H. The third-order valence-corrected chi connectivity index (χ3v) is 14.2. The monoisotopic (exact) mass is 878 g/mol. The second-order valence-corrected chi connectivity index (χ2v) is 18.0. The van der Waals surface area contributed by atoms with E-state index in [4.69, 9.17) is 4.42 Å². The zero-order valence-electron chi connectivity index (χ0n) is 37.6. The summed E-state index contributed by atoms with van der Waals surface area (Å²) in [4.78, 5) is 2.35. The molecule has 0 saturated heterocycles. The Balaban J connectivity index is 0.966. The molecule has 0 spiro atoms. The van der Waals surface area contributed by atoms with Crippen LogP contribution in [0.4, 0.5) is 17.1 Å². The van der Waals surface area contributed by atoms with Crippen molar-refractivity contribution in [2.24, 2.45) is 0 Å². The van der Waals surface area contributed by atoms with Crippen LogP contribution in [0.5, 0.6) is 0 Å². The lowest BCUT2D eigenvalue weighted by Gasteiger charge is -2.26. The molecule has 14 rings (SSSR count). The molecule has 12 aromatic carbocycles. The SMILES string of the molecule is c1ccc(-c2ccc(N(c3ccc(-c4ccccc4)cc3)c3ccc(-n4c5ccccc5c5c(-c6ccc7c8ccccc8c8ccccc8c7c6)c6c(cc54)oc4ccccc46)cc3)cc2)cc1. The number of nitrogens with zero attached hydrogens (tertiary/aromatic N) is 2. The van der Waals surface area contributed by atoms with Gasteiger partial charge in [-0.15, -0.1) is 0 Å². The predicted molar refractivity (Wildman–Crippen MR) is 292 cm³/mol. The molecule has 0 bridgehead atoms. The first-order valence-electron chi connectivity index (χ1n) is 23.7. The number of rotatable bonds is 7. The highest BCUT2D eigenvalue weighted by molar-refractivity contribution is 6.29. The first kappa shape index (κ1) is 39.0. The molecule has 0 radical (unpaired) electrons. The van der Waals surface area contributed by atoms with Crippen LogP contribution < -0.4 is 4.90 Å². The maximum atomic E-state index is 6.83. The van der Waals surface area contributed by atoms with E-state index >= 15 is 0 Å². The Labute approximate surface area is 399 Å². The molecule has 0 N–H and O–H groups in total. The summed E-state index contributed by atoms with van der Waals surface area (Å²) < 4.78 is 9.25. The Morgan fingerprint density at radius 3 is 1.29 bits per heavy atom. The summed E-state index contributed by atoms with van der Waals surface area (Å²) in [6.45, 7) is 0. The van der Waals surface area contributed by atoms with E-state index in [0.29, 0.717) is 0 Å². The average Bonchev–Trinajstić information content (AvgIpc) is 3.97. The fraction of sp³-hybridized carbons (Fsp3) is 0. The van der Waals surface area contributed by atoms with Gasteiger partial charge in [-0.3, -0.25) is 0 Å². The van der Waals surface area contributed by atoms with Crippen molar-refractivity contribution in [1.29, 1.82) is 0 Å². The van der Waals surface area contributed by atoms with Gasteiger partial charge in [0.15, 0.2) is 0 Å². The predicted octanol–water partition coefficient (Wildman–Crippen LogP) is 18.6. The van der Waals surface area contributed by atoms with Crippen molar-refractivity contribution in [3.63, 3.8) is 0 Å². The fourth-order valence-electron chi connectivity index (χ4n) is 11.0. The molecule has 0 amide bonds. The van der Waals surface area contributed by atoms with Crippen LogP contribution in [0, 0.1) is 0 Å². The molecule has 322 valence electrons. The summed E-state index contributed by atoms with van der Waals surface area (Å²) in [6, 6.07) is 92.3. The second kappa shape index (κ2) is 15.7. The van der Waals surface area contributed by atoms with Crippen LogP contribution in [-0.4, -0.2) is 4.57 Å². The Morgan fingerprint density at radius 1 is 0.275 bits per heavy atom. The molecule has 0 aliphatic rings. The summed E-state index contributed by atoms with van der Waals surface area (Å²) in [6.07, 6.45) is 0. The number of fused-ring (bicyclic) bond motifs is 12. The van der Waals surface area contributed by atoms with Crippen LogP contribution >= 0.6 is 0 Å². The number of aromatic nitrogens is 1. The highest BCUT2D eigenvalue weighted by Crippen LogP contribution is 2.48. The molecular formula is C66H42N2O. The van der Waals surface area contributed by atoms with Crippen LogP contribution in [0.1, 0.15) is 0 Å². The minimum Gasteiger partial charge on any atom is -0.456 e. The smallest absolute Gasteiger partial charge is 0.138 e. The van der Waals surface area contributed by atoms with Crippen molar-refractivity contribution in [1.82, 2.24) is 4.57 Å². The Morgan fingerprint density at radius 2 is 0.710 bits per heavy atom. The van der Waals surface area contributed by atoms with E-state index in [-0.39, 0.29) is 0 Å². The number of hydrogen-bond acceptors (Lipinski definition) is 2. The third kappa shape index (κ3) is 6.29. The molecule has 3 nitrogen and oxygen atoms in total. The number of hydrogen-bond donors (Lipinski definition) is 0. The van der Waals surface area contributed by atoms with Gasteiger partial charge in [-0.1, -0.05) is 182 Å². The lowest BCUT2D eigenvalue weighted by molar-refractivity contribution is 0.669. The van der Waals surface area contributed by atoms with Crippen LogP contribution in [0.15, 0.2) is 259 Å². The molecule has 0 fully saturated rings. The van der Waals surface area contributed by atoms with E-state index in [1.54, 1.807) is 0 Å². The van der Waals surface area contributed by atoms with Crippen LogP contribution in [0.2, 0.25) is 0 Å². The fourth-order valence-corrected chi connectivity index (χ4v) is 11.0. The molecule has 0 aliphatic heterocycles. The third-order valence-electron chi connectivity index (χ3n) is 14.2. The minimum absolute atomic E-state index is 0.868. The molecular weight excluding hydrogens is 837 g/mol. The molecule has 14 aromatic rings. The zero-order valence-corrected chi connectivity index (χ0v) is 37.6. The van der Waals surface area contributed by atoms with E-state index < -0.39 is 0 Å². The van der Waals surface area contributed by atoms with Gasteiger partial charge in [0.05, 0.1) is 11.0 Å². The van der Waals surface area contributed by atoms with Gasteiger partial charge in [0.2, 0.25) is 0 Å². The summed E-state index contributed by atoms with van der Waals surface area (Å²) in [5.74, 6) is 0. The number of furan rings is 1. The largest absolute Gasteiger partial charge is 0.456 e. The highest BCUT2D eigenvalue weighted by atomic mass is 16.3. The normalized spacial score (nSPS) is 11.8. The summed E-state index contributed by atoms with van der Waals surface area (Å²) >= 11 is 0. The van der Waals surface area contributed by atoms with Gasteiger partial charge in [0.25, 0.3) is 0 Å². The van der Waals surface area contributed by atoms with Crippen molar-refractivity contribution >= 4 is 93.1 Å². The van der Waals surface area contributed by atoms with Gasteiger partial charge in [-0.05, 0) is 127 Å². The molecule has 0 aliphatic carbocycles. The van der Waals surface area contributed by atoms with Gasteiger partial charge < -0.3 is 13.9 Å². The number of anilines is 3. The number of para-hydroxylation sites is 2. The van der Waals surface area contributed by atoms with Crippen molar-refractivity contribution in [2.75, 3.05) is 4.90 Å². The summed E-state index contributed by atoms with van der Waals surface area (Å²) in [5, 5.41) is 12.2. The molecule has 2 heterocycles. The number of benzene rings is 12. The van der Waals surface area contributed by atoms with Crippen molar-refractivity contribution in [2.45, 2.75) is 0 Å². The van der Waals surface area contributed by atoms with Gasteiger partial charge in [0, 0.05) is 55.9 Å². The highest BCUT2D eigenvalue weighted by Gasteiger charge is 2.24. The Kier molecular flexibility index (Phi) is 8.90. The maximum Gasteiger partial charge on any atom is 0.138 e. The molecule has 69 heavy (non-hydrogen) atoms. The van der Waals surface area contributed by atoms with Crippen molar-refractivity contribution in [3.05, 3.63) is 255 Å². The van der Waals surface area contributed by atoms with E-state index in [1.807, 2.05) is 0 Å². The quantitative estimate of drug-likeness (QED) is 0.149. The first-order chi connectivity index (χ1) is 34.2. The average molecular weight is 879 g/mol. The maximum absolute atomic E-state index is 6.83. The second-order valence-electron chi connectivity index (χ2n) is 18.0. The lowest BCUT2D eigenvalue weighted by atomic mass is 9.89. The molecule has 3 heteroatoms. The molecule has 0 saturated carbocycles. The first-order valence-corrected chi connectivity index (χ1v) is 23.7. The van der Waals surface area contributed by atoms with Gasteiger partial charge >= 0.3 is 0 Å². The molecule has 0 unspecified atom stereocenters. The summed E-state index contributed by atoms with van der Waals surface area (Å²) in [5.41, 5.74) is 15.4. The molecule has 2 aromatic heterocycles. The summed E-state index contributed by atoms with van der Waals surface area (Å²) in [7, 11) is 0.